The number of benzene rings is 2. The maximum absolute atomic E-state index is 12.8. The first-order chi connectivity index (χ1) is 11.0. The van der Waals surface area contributed by atoms with E-state index in [-0.39, 0.29) is 11.3 Å². The topological polar surface area (TPSA) is 72.8 Å². The highest BCUT2D eigenvalue weighted by atomic mass is 16.5. The molecule has 120 valence electrons. The Morgan fingerprint density at radius 3 is 2.22 bits per heavy atom. The maximum atomic E-state index is 12.8. The van der Waals surface area contributed by atoms with E-state index in [9.17, 15) is 9.59 Å². The standard InChI is InChI=1S/C18H18O5/c1-4-11-9-14(16(23-3)10-15(11)22-2)17(19)12-6-5-7-13(8-12)18(20)21/h5-10H,4H2,1-3H3,(H,20,21). The number of rotatable bonds is 6. The van der Waals surface area contributed by atoms with Crippen LogP contribution in [0.4, 0.5) is 0 Å². The number of aromatic carboxylic acids is 1. The Labute approximate surface area is 134 Å². The summed E-state index contributed by atoms with van der Waals surface area (Å²) in [5, 5.41) is 9.06. The Morgan fingerprint density at radius 1 is 1.00 bits per heavy atom. The van der Waals surface area contributed by atoms with Gasteiger partial charge in [0.1, 0.15) is 11.5 Å². The van der Waals surface area contributed by atoms with Crippen molar-refractivity contribution in [1.82, 2.24) is 0 Å². The molecule has 23 heavy (non-hydrogen) atoms. The summed E-state index contributed by atoms with van der Waals surface area (Å²) in [6.07, 6.45) is 0.697. The van der Waals surface area contributed by atoms with E-state index < -0.39 is 5.97 Å². The van der Waals surface area contributed by atoms with Crippen LogP contribution in [0.3, 0.4) is 0 Å². The van der Waals surface area contributed by atoms with Gasteiger partial charge in [0.2, 0.25) is 0 Å². The molecule has 0 aliphatic rings. The van der Waals surface area contributed by atoms with Crippen molar-refractivity contribution >= 4 is 11.8 Å². The molecule has 1 N–H and O–H groups in total. The second kappa shape index (κ2) is 6.96. The van der Waals surface area contributed by atoms with Crippen molar-refractivity contribution in [2.75, 3.05) is 14.2 Å². The summed E-state index contributed by atoms with van der Waals surface area (Å²) in [5.74, 6) is -0.317. The van der Waals surface area contributed by atoms with Gasteiger partial charge in [0, 0.05) is 11.6 Å². The lowest BCUT2D eigenvalue weighted by Gasteiger charge is -2.13. The molecular formula is C18H18O5. The minimum atomic E-state index is -1.07. The summed E-state index contributed by atoms with van der Waals surface area (Å²) >= 11 is 0. The molecule has 0 amide bonds. The van der Waals surface area contributed by atoms with Crippen molar-refractivity contribution in [3.63, 3.8) is 0 Å². The number of aryl methyl sites for hydroxylation is 1. The molecule has 5 heteroatoms. The van der Waals surface area contributed by atoms with Crippen molar-refractivity contribution in [3.8, 4) is 11.5 Å². The summed E-state index contributed by atoms with van der Waals surface area (Å²) in [6, 6.07) is 9.35. The van der Waals surface area contributed by atoms with Gasteiger partial charge < -0.3 is 14.6 Å². The van der Waals surface area contributed by atoms with Crippen LogP contribution in [0.25, 0.3) is 0 Å². The van der Waals surface area contributed by atoms with E-state index in [1.54, 1.807) is 31.4 Å². The number of hydrogen-bond donors (Lipinski definition) is 1. The van der Waals surface area contributed by atoms with Gasteiger partial charge in [0.25, 0.3) is 0 Å². The molecule has 0 aliphatic carbocycles. The van der Waals surface area contributed by atoms with Crippen molar-refractivity contribution < 1.29 is 24.2 Å². The van der Waals surface area contributed by atoms with Crippen LogP contribution in [0.2, 0.25) is 0 Å². The number of hydrogen-bond acceptors (Lipinski definition) is 4. The minimum absolute atomic E-state index is 0.0686. The van der Waals surface area contributed by atoms with E-state index in [4.69, 9.17) is 14.6 Å². The van der Waals surface area contributed by atoms with Crippen LogP contribution in [0.5, 0.6) is 11.5 Å². The Bertz CT molecular complexity index is 749. The van der Waals surface area contributed by atoms with E-state index in [2.05, 4.69) is 0 Å². The smallest absolute Gasteiger partial charge is 0.335 e. The predicted molar refractivity (Wildman–Crippen MR) is 85.8 cm³/mol. The van der Waals surface area contributed by atoms with Gasteiger partial charge in [-0.2, -0.15) is 0 Å². The number of carboxylic acids is 1. The monoisotopic (exact) mass is 314 g/mol. The Morgan fingerprint density at radius 2 is 1.65 bits per heavy atom. The van der Waals surface area contributed by atoms with Crippen molar-refractivity contribution in [1.29, 1.82) is 0 Å². The minimum Gasteiger partial charge on any atom is -0.496 e. The van der Waals surface area contributed by atoms with Crippen LogP contribution in [0.15, 0.2) is 36.4 Å². The number of carboxylic acid groups (broad SMARTS) is 1. The first-order valence-corrected chi connectivity index (χ1v) is 7.14. The molecule has 0 unspecified atom stereocenters. The van der Waals surface area contributed by atoms with Crippen LogP contribution < -0.4 is 9.47 Å². The molecule has 0 atom stereocenters. The molecule has 0 aromatic heterocycles. The second-order valence-corrected chi connectivity index (χ2v) is 4.93. The quantitative estimate of drug-likeness (QED) is 0.829. The lowest BCUT2D eigenvalue weighted by molar-refractivity contribution is 0.0697. The zero-order valence-corrected chi connectivity index (χ0v) is 13.3. The molecule has 0 fully saturated rings. The number of ketones is 1. The number of carbonyl (C=O) groups is 2. The SMILES string of the molecule is CCc1cc(C(=O)c2cccc(C(=O)O)c2)c(OC)cc1OC. The van der Waals surface area contributed by atoms with Crippen LogP contribution >= 0.6 is 0 Å². The Balaban J connectivity index is 2.54. The molecule has 0 bridgehead atoms. The van der Waals surface area contributed by atoms with Gasteiger partial charge in [-0.3, -0.25) is 4.79 Å². The normalized spacial score (nSPS) is 10.2. The summed E-state index contributed by atoms with van der Waals surface area (Å²) < 4.78 is 10.6. The molecule has 5 nitrogen and oxygen atoms in total. The number of methoxy groups -OCH3 is 2. The molecule has 0 radical (unpaired) electrons. The van der Waals surface area contributed by atoms with Crippen LogP contribution in [0, 0.1) is 0 Å². The van der Waals surface area contributed by atoms with Gasteiger partial charge in [-0.1, -0.05) is 19.1 Å². The van der Waals surface area contributed by atoms with Crippen LogP contribution in [-0.2, 0) is 6.42 Å². The zero-order valence-electron chi connectivity index (χ0n) is 13.3. The largest absolute Gasteiger partial charge is 0.496 e. The van der Waals surface area contributed by atoms with Gasteiger partial charge in [-0.25, -0.2) is 4.79 Å². The van der Waals surface area contributed by atoms with E-state index in [1.807, 2.05) is 6.92 Å². The zero-order chi connectivity index (χ0) is 17.0. The number of carbonyl (C=O) groups excluding carboxylic acids is 1. The van der Waals surface area contributed by atoms with Gasteiger partial charge >= 0.3 is 5.97 Å². The molecule has 2 rings (SSSR count). The van der Waals surface area contributed by atoms with Gasteiger partial charge in [-0.15, -0.1) is 0 Å². The third kappa shape index (κ3) is 3.34. The lowest BCUT2D eigenvalue weighted by Crippen LogP contribution is -2.07. The third-order valence-corrected chi connectivity index (χ3v) is 3.60. The molecule has 0 aliphatic heterocycles. The first-order valence-electron chi connectivity index (χ1n) is 7.14. The van der Waals surface area contributed by atoms with E-state index >= 15 is 0 Å². The van der Waals surface area contributed by atoms with Gasteiger partial charge in [0.15, 0.2) is 5.78 Å². The van der Waals surface area contributed by atoms with Crippen LogP contribution in [-0.4, -0.2) is 31.1 Å². The summed E-state index contributed by atoms with van der Waals surface area (Å²) in [4.78, 5) is 23.8. The van der Waals surface area contributed by atoms with Crippen LogP contribution in [0.1, 0.15) is 38.8 Å². The first kappa shape index (κ1) is 16.5. The Kier molecular flexibility index (Phi) is 5.01. The average molecular weight is 314 g/mol. The average Bonchev–Trinajstić information content (AvgIpc) is 2.59. The Hall–Kier alpha value is -2.82. The van der Waals surface area contributed by atoms with Crippen molar-refractivity contribution in [2.24, 2.45) is 0 Å². The highest BCUT2D eigenvalue weighted by molar-refractivity contribution is 6.11. The van der Waals surface area contributed by atoms with E-state index in [0.29, 0.717) is 29.0 Å². The lowest BCUT2D eigenvalue weighted by atomic mass is 9.97. The predicted octanol–water partition coefficient (Wildman–Crippen LogP) is 3.20. The second-order valence-electron chi connectivity index (χ2n) is 4.93. The summed E-state index contributed by atoms with van der Waals surface area (Å²) in [7, 11) is 3.04. The third-order valence-electron chi connectivity index (χ3n) is 3.60. The summed E-state index contributed by atoms with van der Waals surface area (Å²) in [5.41, 5.74) is 1.63. The highest BCUT2D eigenvalue weighted by Crippen LogP contribution is 2.31. The molecule has 0 saturated heterocycles. The van der Waals surface area contributed by atoms with Gasteiger partial charge in [-0.05, 0) is 30.2 Å². The van der Waals surface area contributed by atoms with Crippen molar-refractivity contribution in [3.05, 3.63) is 58.7 Å². The molecule has 2 aromatic rings. The van der Waals surface area contributed by atoms with Crippen molar-refractivity contribution in [2.45, 2.75) is 13.3 Å². The fraction of sp³-hybridized carbons (Fsp3) is 0.222. The van der Waals surface area contributed by atoms with E-state index in [1.165, 1.54) is 19.2 Å². The van der Waals surface area contributed by atoms with Gasteiger partial charge in [0.05, 0.1) is 25.3 Å². The maximum Gasteiger partial charge on any atom is 0.335 e. The van der Waals surface area contributed by atoms with E-state index in [0.717, 1.165) is 5.56 Å². The molecule has 0 spiro atoms. The highest BCUT2D eigenvalue weighted by Gasteiger charge is 2.19. The fourth-order valence-corrected chi connectivity index (χ4v) is 2.37. The number of ether oxygens (including phenoxy) is 2. The fourth-order valence-electron chi connectivity index (χ4n) is 2.37. The molecule has 0 heterocycles. The molecule has 2 aromatic carbocycles. The molecular weight excluding hydrogens is 296 g/mol. The molecule has 0 saturated carbocycles. The summed E-state index contributed by atoms with van der Waals surface area (Å²) in [6.45, 7) is 1.96.